The highest BCUT2D eigenvalue weighted by Gasteiger charge is 2.36. The van der Waals surface area contributed by atoms with E-state index in [1.165, 1.54) is 11.1 Å². The van der Waals surface area contributed by atoms with Gasteiger partial charge in [-0.25, -0.2) is 0 Å². The van der Waals surface area contributed by atoms with Crippen LogP contribution < -0.4 is 0 Å². The van der Waals surface area contributed by atoms with Gasteiger partial charge in [0.2, 0.25) is 0 Å². The minimum atomic E-state index is 0.220. The lowest BCUT2D eigenvalue weighted by molar-refractivity contribution is -0.122. The van der Waals surface area contributed by atoms with Crippen LogP contribution in [0.15, 0.2) is 24.3 Å². The normalized spacial score (nSPS) is 27.6. The molecule has 2 atom stereocenters. The van der Waals surface area contributed by atoms with Crippen LogP contribution in [0.25, 0.3) is 0 Å². The van der Waals surface area contributed by atoms with Gasteiger partial charge in [0.25, 0.3) is 0 Å². The number of benzene rings is 1. The number of Topliss-reactive ketones (excluding diaryl/α,β-unsaturated/α-hetero) is 1. The zero-order valence-electron chi connectivity index (χ0n) is 12.9. The van der Waals surface area contributed by atoms with Crippen molar-refractivity contribution in [3.63, 3.8) is 0 Å². The molecule has 2 heterocycles. The van der Waals surface area contributed by atoms with E-state index < -0.39 is 0 Å². The van der Waals surface area contributed by atoms with Crippen LogP contribution in [0.4, 0.5) is 0 Å². The maximum atomic E-state index is 11.6. The molecule has 0 radical (unpaired) electrons. The van der Waals surface area contributed by atoms with Crippen molar-refractivity contribution in [2.24, 2.45) is 0 Å². The smallest absolute Gasteiger partial charge is 0.135 e. The highest BCUT2D eigenvalue weighted by molar-refractivity contribution is 5.80. The second-order valence-electron chi connectivity index (χ2n) is 7.45. The van der Waals surface area contributed by atoms with Crippen molar-refractivity contribution < 1.29 is 4.79 Å². The average Bonchev–Trinajstić information content (AvgIpc) is 2.80. The molecular formula is C18H25NO. The number of piperidine rings is 1. The number of hydrogen-bond donors (Lipinski definition) is 0. The maximum Gasteiger partial charge on any atom is 0.135 e. The molecule has 0 saturated carbocycles. The first-order valence-electron chi connectivity index (χ1n) is 7.79. The van der Waals surface area contributed by atoms with Gasteiger partial charge >= 0.3 is 0 Å². The molecule has 2 nitrogen and oxygen atoms in total. The van der Waals surface area contributed by atoms with Crippen LogP contribution in [0.3, 0.4) is 0 Å². The number of carbonyl (C=O) groups is 1. The van der Waals surface area contributed by atoms with E-state index in [2.05, 4.69) is 49.9 Å². The van der Waals surface area contributed by atoms with Crippen molar-refractivity contribution in [1.29, 1.82) is 0 Å². The van der Waals surface area contributed by atoms with Gasteiger partial charge in [-0.15, -0.1) is 0 Å². The van der Waals surface area contributed by atoms with Crippen molar-refractivity contribution >= 4 is 5.78 Å². The predicted molar refractivity (Wildman–Crippen MR) is 82.1 cm³/mol. The van der Waals surface area contributed by atoms with Crippen molar-refractivity contribution in [2.45, 2.75) is 57.4 Å². The Morgan fingerprint density at radius 3 is 2.50 bits per heavy atom. The van der Waals surface area contributed by atoms with Gasteiger partial charge in [-0.1, -0.05) is 45.0 Å². The van der Waals surface area contributed by atoms with Crippen LogP contribution >= 0.6 is 0 Å². The van der Waals surface area contributed by atoms with E-state index >= 15 is 0 Å². The molecule has 0 bridgehead atoms. The Kier molecular flexibility index (Phi) is 3.45. The fraction of sp³-hybridized carbons (Fsp3) is 0.611. The Bertz CT molecular complexity index is 497. The van der Waals surface area contributed by atoms with Gasteiger partial charge in [0.15, 0.2) is 0 Å². The molecular weight excluding hydrogens is 246 g/mol. The molecule has 1 aromatic carbocycles. The van der Waals surface area contributed by atoms with Crippen LogP contribution in [-0.2, 0) is 10.2 Å². The minimum Gasteiger partial charge on any atom is -0.300 e. The summed E-state index contributed by atoms with van der Waals surface area (Å²) in [6.07, 6.45) is 2.68. The van der Waals surface area contributed by atoms with Gasteiger partial charge in [-0.05, 0) is 28.9 Å². The summed E-state index contributed by atoms with van der Waals surface area (Å²) >= 11 is 0. The van der Waals surface area contributed by atoms with Gasteiger partial charge in [-0.2, -0.15) is 0 Å². The Morgan fingerprint density at radius 1 is 1.15 bits per heavy atom. The number of nitrogens with zero attached hydrogens (tertiary/aromatic N) is 1. The molecule has 2 saturated heterocycles. The largest absolute Gasteiger partial charge is 0.300 e. The van der Waals surface area contributed by atoms with Crippen LogP contribution in [-0.4, -0.2) is 29.8 Å². The third kappa shape index (κ3) is 2.67. The quantitative estimate of drug-likeness (QED) is 0.779. The lowest BCUT2D eigenvalue weighted by Crippen LogP contribution is -2.38. The van der Waals surface area contributed by atoms with Crippen molar-refractivity contribution in [3.8, 4) is 0 Å². The first-order valence-corrected chi connectivity index (χ1v) is 7.79. The molecule has 0 aliphatic carbocycles. The minimum absolute atomic E-state index is 0.220. The Hall–Kier alpha value is -1.15. The van der Waals surface area contributed by atoms with E-state index in [0.717, 1.165) is 32.4 Å². The molecule has 108 valence electrons. The fourth-order valence-corrected chi connectivity index (χ4v) is 3.60. The van der Waals surface area contributed by atoms with E-state index in [1.54, 1.807) is 0 Å². The van der Waals surface area contributed by atoms with E-state index in [-0.39, 0.29) is 5.41 Å². The van der Waals surface area contributed by atoms with Gasteiger partial charge in [0.05, 0.1) is 0 Å². The molecule has 0 aromatic heterocycles. The maximum absolute atomic E-state index is 11.6. The average molecular weight is 271 g/mol. The van der Waals surface area contributed by atoms with E-state index in [1.807, 2.05) is 0 Å². The first-order chi connectivity index (χ1) is 9.43. The lowest BCUT2D eigenvalue weighted by Gasteiger charge is -2.27. The Labute approximate surface area is 122 Å². The van der Waals surface area contributed by atoms with Crippen LogP contribution in [0.5, 0.6) is 0 Å². The second kappa shape index (κ2) is 5.00. The second-order valence-corrected chi connectivity index (χ2v) is 7.45. The van der Waals surface area contributed by atoms with Gasteiger partial charge in [0, 0.05) is 32.0 Å². The predicted octanol–water partition coefficient (Wildman–Crippen LogP) is 3.50. The molecule has 0 spiro atoms. The third-order valence-corrected chi connectivity index (χ3v) is 4.92. The molecule has 20 heavy (non-hydrogen) atoms. The van der Waals surface area contributed by atoms with Crippen molar-refractivity contribution in [1.82, 2.24) is 4.90 Å². The zero-order chi connectivity index (χ0) is 14.3. The topological polar surface area (TPSA) is 20.3 Å². The van der Waals surface area contributed by atoms with E-state index in [9.17, 15) is 4.79 Å². The summed E-state index contributed by atoms with van der Waals surface area (Å²) < 4.78 is 0. The molecule has 1 aromatic rings. The third-order valence-electron chi connectivity index (χ3n) is 4.92. The lowest BCUT2D eigenvalue weighted by atomic mass is 9.85. The van der Waals surface area contributed by atoms with Gasteiger partial charge in [-0.3, -0.25) is 9.69 Å². The number of fused-ring (bicyclic) bond motifs is 1. The number of carbonyl (C=O) groups excluding carboxylic acids is 1. The monoisotopic (exact) mass is 271 g/mol. The number of rotatable bonds is 1. The highest BCUT2D eigenvalue weighted by atomic mass is 16.1. The molecule has 0 amide bonds. The van der Waals surface area contributed by atoms with Crippen LogP contribution in [0.2, 0.25) is 0 Å². The highest BCUT2D eigenvalue weighted by Crippen LogP contribution is 2.36. The molecule has 3 rings (SSSR count). The summed E-state index contributed by atoms with van der Waals surface area (Å²) in [7, 11) is 0. The molecule has 2 heteroatoms. The standard InChI is InChI=1S/C18H25NO/c1-18(2,3)15-6-4-13(5-7-15)14-10-16-11-17(20)8-9-19(16)12-14/h4-7,14,16H,8-12H2,1-3H3/t14-,16+/m1/s1. The van der Waals surface area contributed by atoms with Gasteiger partial charge < -0.3 is 0 Å². The number of hydrogen-bond acceptors (Lipinski definition) is 2. The molecule has 0 unspecified atom stereocenters. The summed E-state index contributed by atoms with van der Waals surface area (Å²) in [6, 6.07) is 9.65. The summed E-state index contributed by atoms with van der Waals surface area (Å²) in [5, 5.41) is 0. The van der Waals surface area contributed by atoms with E-state index in [4.69, 9.17) is 0 Å². The molecule has 2 fully saturated rings. The van der Waals surface area contributed by atoms with Gasteiger partial charge in [0.1, 0.15) is 5.78 Å². The summed E-state index contributed by atoms with van der Waals surface area (Å²) in [5.41, 5.74) is 3.06. The first kappa shape index (κ1) is 13.8. The number of ketones is 1. The van der Waals surface area contributed by atoms with Crippen molar-refractivity contribution in [3.05, 3.63) is 35.4 Å². The van der Waals surface area contributed by atoms with E-state index in [0.29, 0.717) is 17.7 Å². The molecule has 2 aliphatic heterocycles. The summed E-state index contributed by atoms with van der Waals surface area (Å²) in [5.74, 6) is 1.06. The summed E-state index contributed by atoms with van der Waals surface area (Å²) in [4.78, 5) is 14.1. The van der Waals surface area contributed by atoms with Crippen LogP contribution in [0, 0.1) is 0 Å². The molecule has 2 aliphatic rings. The zero-order valence-corrected chi connectivity index (χ0v) is 12.9. The Morgan fingerprint density at radius 2 is 1.85 bits per heavy atom. The van der Waals surface area contributed by atoms with Crippen LogP contribution in [0.1, 0.15) is 57.1 Å². The Balaban J connectivity index is 1.73. The van der Waals surface area contributed by atoms with Crippen molar-refractivity contribution in [2.75, 3.05) is 13.1 Å². The SMILES string of the molecule is CC(C)(C)c1ccc([C@@H]2C[C@H]3CC(=O)CCN3C2)cc1. The summed E-state index contributed by atoms with van der Waals surface area (Å²) in [6.45, 7) is 8.86. The molecule has 0 N–H and O–H groups in total. The fourth-order valence-electron chi connectivity index (χ4n) is 3.60.